The van der Waals surface area contributed by atoms with E-state index in [2.05, 4.69) is 107 Å². The maximum Gasteiger partial charge on any atom is 0.0797 e. The van der Waals surface area contributed by atoms with Crippen molar-refractivity contribution >= 4 is 55.0 Å². The van der Waals surface area contributed by atoms with Crippen LogP contribution in [-0.4, -0.2) is 19.9 Å². The van der Waals surface area contributed by atoms with Gasteiger partial charge in [-0.2, -0.15) is 0 Å². The molecule has 0 fully saturated rings. The van der Waals surface area contributed by atoms with Gasteiger partial charge in [0.1, 0.15) is 0 Å². The third-order valence-electron chi connectivity index (χ3n) is 8.61. The molecule has 0 radical (unpaired) electrons. The number of hydrogen-bond donors (Lipinski definition) is 0. The first kappa shape index (κ1) is 26.8. The van der Waals surface area contributed by atoms with Crippen LogP contribution in [0.15, 0.2) is 145 Å². The minimum absolute atomic E-state index is 1.06. The van der Waals surface area contributed by atoms with E-state index in [1.54, 1.807) is 22.7 Å². The van der Waals surface area contributed by atoms with E-state index in [1.165, 1.54) is 54.6 Å². The third-order valence-corrected chi connectivity index (χ3v) is 10.3. The van der Waals surface area contributed by atoms with Crippen LogP contribution < -0.4 is 0 Å². The Bertz CT molecular complexity index is 2530. The van der Waals surface area contributed by atoms with E-state index in [9.17, 15) is 0 Å². The molecule has 216 valence electrons. The van der Waals surface area contributed by atoms with Gasteiger partial charge < -0.3 is 0 Å². The van der Waals surface area contributed by atoms with Gasteiger partial charge in [-0.15, -0.1) is 22.7 Å². The smallest absolute Gasteiger partial charge is 0.0797 e. The van der Waals surface area contributed by atoms with E-state index < -0.39 is 0 Å². The largest absolute Gasteiger partial charge is 0.263 e. The molecule has 0 bridgehead atoms. The van der Waals surface area contributed by atoms with Crippen molar-refractivity contribution < 1.29 is 0 Å². The molecule has 9 aromatic rings. The Labute approximate surface area is 273 Å². The standard InChI is InChI=1S/C40H24N4S2/c1-2-8-31-25(6-1)7-5-11-32(31)26-12-13-35-36(16-26)40(30-15-28(18-42-20-30)38-22-44-24-46-38)34-10-4-3-9-33(34)39(35)29-14-27(17-41-19-29)37-21-43-23-45-37/h1-24H. The third kappa shape index (κ3) is 4.50. The number of benzene rings is 5. The second kappa shape index (κ2) is 11.1. The molecular formula is C40H24N4S2. The summed E-state index contributed by atoms with van der Waals surface area (Å²) in [7, 11) is 0. The van der Waals surface area contributed by atoms with E-state index in [-0.39, 0.29) is 0 Å². The summed E-state index contributed by atoms with van der Waals surface area (Å²) < 4.78 is 0. The first-order chi connectivity index (χ1) is 22.8. The van der Waals surface area contributed by atoms with Gasteiger partial charge in [0.05, 0.1) is 20.8 Å². The van der Waals surface area contributed by atoms with Crippen LogP contribution in [0.3, 0.4) is 0 Å². The number of hydrogen-bond acceptors (Lipinski definition) is 6. The first-order valence-electron chi connectivity index (χ1n) is 15.0. The minimum Gasteiger partial charge on any atom is -0.263 e. The Morgan fingerprint density at radius 3 is 1.54 bits per heavy atom. The number of nitrogens with zero attached hydrogens (tertiary/aromatic N) is 4. The number of thiazole rings is 2. The maximum atomic E-state index is 4.74. The van der Waals surface area contributed by atoms with Crippen molar-refractivity contribution in [2.75, 3.05) is 0 Å². The summed E-state index contributed by atoms with van der Waals surface area (Å²) >= 11 is 3.25. The number of fused-ring (bicyclic) bond motifs is 3. The molecule has 0 saturated heterocycles. The number of rotatable bonds is 5. The van der Waals surface area contributed by atoms with Gasteiger partial charge in [-0.3, -0.25) is 19.9 Å². The van der Waals surface area contributed by atoms with Crippen molar-refractivity contribution in [2.45, 2.75) is 0 Å². The fraction of sp³-hybridized carbons (Fsp3) is 0. The molecule has 0 atom stereocenters. The summed E-state index contributed by atoms with van der Waals surface area (Å²) in [4.78, 5) is 20.3. The SMILES string of the molecule is c1ccc2c(-c3ccc4c(-c5cncc(-c6cncs6)c5)c5ccccc5c(-c5cncc(-c6cncs6)c5)c4c3)cccc2c1. The quantitative estimate of drug-likeness (QED) is 0.179. The molecule has 0 aliphatic heterocycles. The van der Waals surface area contributed by atoms with Crippen LogP contribution in [0.25, 0.3) is 86.6 Å². The minimum atomic E-state index is 1.06. The van der Waals surface area contributed by atoms with Crippen molar-refractivity contribution in [2.24, 2.45) is 0 Å². The van der Waals surface area contributed by atoms with Crippen molar-refractivity contribution in [3.63, 3.8) is 0 Å². The monoisotopic (exact) mass is 624 g/mol. The highest BCUT2D eigenvalue weighted by Gasteiger charge is 2.19. The van der Waals surface area contributed by atoms with Gasteiger partial charge in [-0.25, -0.2) is 0 Å². The molecule has 46 heavy (non-hydrogen) atoms. The second-order valence-corrected chi connectivity index (χ2v) is 13.0. The van der Waals surface area contributed by atoms with Gasteiger partial charge in [0.25, 0.3) is 0 Å². The summed E-state index contributed by atoms with van der Waals surface area (Å²) in [5, 5.41) is 7.16. The molecule has 0 spiro atoms. The molecule has 9 rings (SSSR count). The lowest BCUT2D eigenvalue weighted by Gasteiger charge is -2.19. The van der Waals surface area contributed by atoms with Crippen molar-refractivity contribution in [3.8, 4) is 54.3 Å². The Balaban J connectivity index is 1.38. The zero-order chi connectivity index (χ0) is 30.5. The van der Waals surface area contributed by atoms with E-state index in [0.717, 1.165) is 32.0 Å². The van der Waals surface area contributed by atoms with Gasteiger partial charge in [0, 0.05) is 59.4 Å². The van der Waals surface area contributed by atoms with E-state index >= 15 is 0 Å². The van der Waals surface area contributed by atoms with Crippen LogP contribution in [0.5, 0.6) is 0 Å². The fourth-order valence-corrected chi connectivity index (χ4v) is 7.79. The molecule has 0 aliphatic rings. The lowest BCUT2D eigenvalue weighted by atomic mass is 9.84. The zero-order valence-electron chi connectivity index (χ0n) is 24.5. The highest BCUT2D eigenvalue weighted by atomic mass is 32.1. The van der Waals surface area contributed by atoms with Crippen molar-refractivity contribution in [1.29, 1.82) is 0 Å². The molecule has 0 aliphatic carbocycles. The van der Waals surface area contributed by atoms with Crippen LogP contribution >= 0.6 is 22.7 Å². The lowest BCUT2D eigenvalue weighted by Crippen LogP contribution is -1.93. The molecule has 0 unspecified atom stereocenters. The first-order valence-corrected chi connectivity index (χ1v) is 16.7. The predicted molar refractivity (Wildman–Crippen MR) is 193 cm³/mol. The van der Waals surface area contributed by atoms with E-state index in [1.807, 2.05) is 48.2 Å². The summed E-state index contributed by atoms with van der Waals surface area (Å²) in [6.45, 7) is 0. The van der Waals surface area contributed by atoms with Gasteiger partial charge in [0.2, 0.25) is 0 Å². The molecule has 4 heterocycles. The van der Waals surface area contributed by atoms with Gasteiger partial charge in [-0.05, 0) is 72.8 Å². The average molecular weight is 625 g/mol. The molecular weight excluding hydrogens is 601 g/mol. The van der Waals surface area contributed by atoms with Crippen LogP contribution in [0.2, 0.25) is 0 Å². The van der Waals surface area contributed by atoms with Crippen LogP contribution in [0.1, 0.15) is 0 Å². The molecule has 6 heteroatoms. The average Bonchev–Trinajstić information content (AvgIpc) is 3.86. The van der Waals surface area contributed by atoms with Crippen molar-refractivity contribution in [1.82, 2.24) is 19.9 Å². The molecule has 5 aromatic carbocycles. The van der Waals surface area contributed by atoms with Crippen LogP contribution in [0.4, 0.5) is 0 Å². The molecule has 0 N–H and O–H groups in total. The Hall–Kier alpha value is -5.56. The number of pyridine rings is 2. The summed E-state index contributed by atoms with van der Waals surface area (Å²) in [6.07, 6.45) is 11.6. The Kier molecular flexibility index (Phi) is 6.47. The van der Waals surface area contributed by atoms with E-state index in [4.69, 9.17) is 9.97 Å². The highest BCUT2D eigenvalue weighted by Crippen LogP contribution is 2.46. The van der Waals surface area contributed by atoms with Gasteiger partial charge >= 0.3 is 0 Å². The van der Waals surface area contributed by atoms with Crippen molar-refractivity contribution in [3.05, 3.63) is 145 Å². The lowest BCUT2D eigenvalue weighted by molar-refractivity contribution is 1.33. The summed E-state index contributed by atoms with van der Waals surface area (Å²) in [6, 6.07) is 35.3. The Morgan fingerprint density at radius 1 is 0.370 bits per heavy atom. The topological polar surface area (TPSA) is 51.6 Å². The predicted octanol–water partition coefficient (Wildman–Crippen LogP) is 11.2. The number of aromatic nitrogens is 4. The molecule has 0 saturated carbocycles. The summed E-state index contributed by atoms with van der Waals surface area (Å²) in [5.41, 5.74) is 12.7. The molecule has 4 aromatic heterocycles. The molecule has 0 amide bonds. The summed E-state index contributed by atoms with van der Waals surface area (Å²) in [5.74, 6) is 0. The van der Waals surface area contributed by atoms with Crippen LogP contribution in [0, 0.1) is 0 Å². The molecule has 4 nitrogen and oxygen atoms in total. The van der Waals surface area contributed by atoms with E-state index in [0.29, 0.717) is 0 Å². The van der Waals surface area contributed by atoms with Crippen LogP contribution in [-0.2, 0) is 0 Å². The van der Waals surface area contributed by atoms with Gasteiger partial charge in [0.15, 0.2) is 0 Å². The second-order valence-electron chi connectivity index (χ2n) is 11.2. The fourth-order valence-electron chi connectivity index (χ4n) is 6.58. The zero-order valence-corrected chi connectivity index (χ0v) is 26.1. The highest BCUT2D eigenvalue weighted by molar-refractivity contribution is 7.13. The maximum absolute atomic E-state index is 4.74. The Morgan fingerprint density at radius 2 is 0.913 bits per heavy atom. The van der Waals surface area contributed by atoms with Gasteiger partial charge in [-0.1, -0.05) is 78.9 Å². The normalized spacial score (nSPS) is 11.5.